The zero-order valence-corrected chi connectivity index (χ0v) is 11.0. The number of rotatable bonds is 5. The molecule has 4 heteroatoms. The van der Waals surface area contributed by atoms with Crippen LogP contribution in [0.5, 0.6) is 0 Å². The summed E-state index contributed by atoms with van der Waals surface area (Å²) < 4.78 is 0. The van der Waals surface area contributed by atoms with Crippen molar-refractivity contribution in [3.63, 3.8) is 0 Å². The molecule has 0 aliphatic carbocycles. The largest absolute Gasteiger partial charge is 0.351 e. The highest BCUT2D eigenvalue weighted by molar-refractivity contribution is 5.92. The first kappa shape index (κ1) is 13.0. The van der Waals surface area contributed by atoms with Gasteiger partial charge in [0.25, 0.3) is 5.91 Å². The fourth-order valence-electron chi connectivity index (χ4n) is 2.27. The van der Waals surface area contributed by atoms with Gasteiger partial charge < -0.3 is 10.2 Å². The molecule has 0 radical (unpaired) electrons. The number of carbonyl (C=O) groups is 1. The molecular formula is C14H21N3O. The number of aromatic nitrogens is 1. The lowest BCUT2D eigenvalue weighted by molar-refractivity contribution is 0.0947. The number of nitrogens with one attached hydrogen (secondary N) is 1. The maximum atomic E-state index is 11.8. The van der Waals surface area contributed by atoms with Crippen LogP contribution in [0.25, 0.3) is 0 Å². The molecule has 2 heterocycles. The molecule has 18 heavy (non-hydrogen) atoms. The van der Waals surface area contributed by atoms with E-state index in [-0.39, 0.29) is 5.91 Å². The van der Waals surface area contributed by atoms with E-state index in [2.05, 4.69) is 15.2 Å². The molecule has 1 aliphatic rings. The highest BCUT2D eigenvalue weighted by atomic mass is 16.1. The van der Waals surface area contributed by atoms with Gasteiger partial charge >= 0.3 is 0 Å². The first-order valence-electron chi connectivity index (χ1n) is 6.70. The molecule has 1 aromatic rings. The number of likely N-dealkylation sites (tertiary alicyclic amines) is 1. The van der Waals surface area contributed by atoms with E-state index >= 15 is 0 Å². The minimum Gasteiger partial charge on any atom is -0.351 e. The van der Waals surface area contributed by atoms with Gasteiger partial charge in [0.2, 0.25) is 0 Å². The van der Waals surface area contributed by atoms with E-state index in [1.54, 1.807) is 6.07 Å². The van der Waals surface area contributed by atoms with Crippen molar-refractivity contribution in [3.8, 4) is 0 Å². The molecule has 0 aromatic carbocycles. The molecule has 0 bridgehead atoms. The van der Waals surface area contributed by atoms with Crippen LogP contribution in [0.4, 0.5) is 0 Å². The van der Waals surface area contributed by atoms with Crippen molar-refractivity contribution in [1.82, 2.24) is 15.2 Å². The number of nitrogens with zero attached hydrogens (tertiary/aromatic N) is 2. The van der Waals surface area contributed by atoms with Gasteiger partial charge in [0.05, 0.1) is 0 Å². The third-order valence-electron chi connectivity index (χ3n) is 3.26. The van der Waals surface area contributed by atoms with Crippen molar-refractivity contribution in [1.29, 1.82) is 0 Å². The van der Waals surface area contributed by atoms with Gasteiger partial charge in [-0.3, -0.25) is 4.79 Å². The monoisotopic (exact) mass is 247 g/mol. The van der Waals surface area contributed by atoms with Crippen LogP contribution in [0.1, 0.15) is 35.4 Å². The van der Waals surface area contributed by atoms with Gasteiger partial charge in [-0.1, -0.05) is 6.07 Å². The smallest absolute Gasteiger partial charge is 0.269 e. The maximum Gasteiger partial charge on any atom is 0.269 e. The van der Waals surface area contributed by atoms with E-state index in [4.69, 9.17) is 0 Å². The second-order valence-corrected chi connectivity index (χ2v) is 4.82. The van der Waals surface area contributed by atoms with E-state index in [1.807, 2.05) is 19.1 Å². The number of amides is 1. The lowest BCUT2D eigenvalue weighted by Gasteiger charge is -2.14. The number of carbonyl (C=O) groups excluding carboxylic acids is 1. The average Bonchev–Trinajstić information content (AvgIpc) is 2.87. The second-order valence-electron chi connectivity index (χ2n) is 4.82. The third kappa shape index (κ3) is 3.81. The Morgan fingerprint density at radius 3 is 2.89 bits per heavy atom. The van der Waals surface area contributed by atoms with Crippen LogP contribution in [-0.4, -0.2) is 42.0 Å². The normalized spacial score (nSPS) is 15.8. The summed E-state index contributed by atoms with van der Waals surface area (Å²) in [6, 6.07) is 5.51. The van der Waals surface area contributed by atoms with Crippen molar-refractivity contribution in [2.24, 2.45) is 0 Å². The van der Waals surface area contributed by atoms with Gasteiger partial charge in [-0.2, -0.15) is 0 Å². The molecule has 0 unspecified atom stereocenters. The van der Waals surface area contributed by atoms with Gasteiger partial charge in [0, 0.05) is 12.2 Å². The fourth-order valence-corrected chi connectivity index (χ4v) is 2.27. The van der Waals surface area contributed by atoms with Gasteiger partial charge in [-0.05, 0) is 58.0 Å². The molecule has 1 amide bonds. The fraction of sp³-hybridized carbons (Fsp3) is 0.571. The van der Waals surface area contributed by atoms with Gasteiger partial charge in [-0.15, -0.1) is 0 Å². The van der Waals surface area contributed by atoms with Gasteiger partial charge in [0.1, 0.15) is 5.69 Å². The molecular weight excluding hydrogens is 226 g/mol. The Hall–Kier alpha value is -1.42. The molecule has 1 aromatic heterocycles. The van der Waals surface area contributed by atoms with E-state index in [0.29, 0.717) is 5.69 Å². The van der Waals surface area contributed by atoms with Crippen molar-refractivity contribution in [2.75, 3.05) is 26.2 Å². The first-order valence-corrected chi connectivity index (χ1v) is 6.70. The summed E-state index contributed by atoms with van der Waals surface area (Å²) in [6.07, 6.45) is 3.65. The average molecular weight is 247 g/mol. The van der Waals surface area contributed by atoms with Crippen LogP contribution >= 0.6 is 0 Å². The summed E-state index contributed by atoms with van der Waals surface area (Å²) in [5.41, 5.74) is 1.39. The number of hydrogen-bond donors (Lipinski definition) is 1. The standard InChI is InChI=1S/C14H21N3O/c1-12-6-4-7-13(16-12)14(18)15-8-5-11-17-9-2-3-10-17/h4,6-7H,2-3,5,8-11H2,1H3,(H,15,18). The molecule has 0 saturated carbocycles. The Bertz CT molecular complexity index is 400. The lowest BCUT2D eigenvalue weighted by Crippen LogP contribution is -2.29. The van der Waals surface area contributed by atoms with Crippen LogP contribution in [0.3, 0.4) is 0 Å². The SMILES string of the molecule is Cc1cccc(C(=O)NCCCN2CCCC2)n1. The molecule has 0 atom stereocenters. The first-order chi connectivity index (χ1) is 8.75. The van der Waals surface area contributed by atoms with E-state index < -0.39 is 0 Å². The highest BCUT2D eigenvalue weighted by Crippen LogP contribution is 2.07. The predicted molar refractivity (Wildman–Crippen MR) is 71.6 cm³/mol. The summed E-state index contributed by atoms with van der Waals surface area (Å²) >= 11 is 0. The molecule has 1 saturated heterocycles. The number of pyridine rings is 1. The van der Waals surface area contributed by atoms with Gasteiger partial charge in [-0.25, -0.2) is 4.98 Å². The van der Waals surface area contributed by atoms with Crippen LogP contribution < -0.4 is 5.32 Å². The number of aryl methyl sites for hydroxylation is 1. The van der Waals surface area contributed by atoms with Crippen LogP contribution in [0.2, 0.25) is 0 Å². The molecule has 2 rings (SSSR count). The van der Waals surface area contributed by atoms with Crippen molar-refractivity contribution in [3.05, 3.63) is 29.6 Å². The van der Waals surface area contributed by atoms with E-state index in [1.165, 1.54) is 25.9 Å². The van der Waals surface area contributed by atoms with Crippen LogP contribution in [0, 0.1) is 6.92 Å². The van der Waals surface area contributed by atoms with Crippen molar-refractivity contribution in [2.45, 2.75) is 26.2 Å². The highest BCUT2D eigenvalue weighted by Gasteiger charge is 2.11. The Labute approximate surface area is 108 Å². The number of hydrogen-bond acceptors (Lipinski definition) is 3. The summed E-state index contributed by atoms with van der Waals surface area (Å²) in [7, 11) is 0. The predicted octanol–water partition coefficient (Wildman–Crippen LogP) is 1.61. The van der Waals surface area contributed by atoms with E-state index in [0.717, 1.165) is 25.2 Å². The maximum absolute atomic E-state index is 11.8. The summed E-state index contributed by atoms with van der Waals surface area (Å²) in [5.74, 6) is -0.0693. The minimum absolute atomic E-state index is 0.0693. The minimum atomic E-state index is -0.0693. The topological polar surface area (TPSA) is 45.2 Å². The Balaban J connectivity index is 1.68. The zero-order valence-electron chi connectivity index (χ0n) is 11.0. The van der Waals surface area contributed by atoms with Gasteiger partial charge in [0.15, 0.2) is 0 Å². The Morgan fingerprint density at radius 1 is 1.39 bits per heavy atom. The van der Waals surface area contributed by atoms with Crippen LogP contribution in [-0.2, 0) is 0 Å². The van der Waals surface area contributed by atoms with E-state index in [9.17, 15) is 4.79 Å². The summed E-state index contributed by atoms with van der Waals surface area (Å²) in [4.78, 5) is 18.5. The zero-order chi connectivity index (χ0) is 12.8. The molecule has 1 fully saturated rings. The molecule has 98 valence electrons. The molecule has 1 N–H and O–H groups in total. The lowest BCUT2D eigenvalue weighted by atomic mass is 10.3. The van der Waals surface area contributed by atoms with Crippen molar-refractivity contribution < 1.29 is 4.79 Å². The third-order valence-corrected chi connectivity index (χ3v) is 3.26. The van der Waals surface area contributed by atoms with Crippen LogP contribution in [0.15, 0.2) is 18.2 Å². The Morgan fingerprint density at radius 2 is 2.17 bits per heavy atom. The quantitative estimate of drug-likeness (QED) is 0.804. The molecule has 0 spiro atoms. The summed E-state index contributed by atoms with van der Waals surface area (Å²) in [5, 5.41) is 2.92. The Kier molecular flexibility index (Phi) is 4.70. The summed E-state index contributed by atoms with van der Waals surface area (Å²) in [6.45, 7) is 6.14. The second kappa shape index (κ2) is 6.50. The van der Waals surface area contributed by atoms with Crippen molar-refractivity contribution >= 4 is 5.91 Å². The molecule has 4 nitrogen and oxygen atoms in total. The molecule has 1 aliphatic heterocycles.